The minimum atomic E-state index is -4.26. The normalized spacial score (nSPS) is 11.4. The van der Waals surface area contributed by atoms with Crippen molar-refractivity contribution in [3.05, 3.63) is 59.7 Å². The molecule has 0 aliphatic rings. The number of nitrogen functional groups attached to an aromatic ring is 1. The predicted molar refractivity (Wildman–Crippen MR) is 69.9 cm³/mol. The second-order valence-corrected chi connectivity index (χ2v) is 5.35. The van der Waals surface area contributed by atoms with Crippen LogP contribution in [-0.4, -0.2) is 13.0 Å². The second-order valence-electron chi connectivity index (χ2n) is 3.96. The minimum Gasteiger partial charge on any atom is -0.398 e. The molecule has 0 fully saturated rings. The zero-order valence-electron chi connectivity index (χ0n) is 9.58. The third kappa shape index (κ3) is 2.69. The van der Waals surface area contributed by atoms with Crippen LogP contribution < -0.4 is 5.73 Å². The van der Waals surface area contributed by atoms with Gasteiger partial charge in [0.25, 0.3) is 10.1 Å². The number of benzene rings is 2. The summed E-state index contributed by atoms with van der Waals surface area (Å²) in [5.74, 6) is 0. The van der Waals surface area contributed by atoms with Gasteiger partial charge in [0.05, 0.1) is 4.90 Å². The summed E-state index contributed by atoms with van der Waals surface area (Å²) in [6.45, 7) is 0. The fraction of sp³-hybridized carbons (Fsp3) is 0.0769. The molecule has 2 aromatic rings. The van der Waals surface area contributed by atoms with E-state index in [1.807, 2.05) is 30.3 Å². The molecular weight excluding hydrogens is 250 g/mol. The SMILES string of the molecule is Nc1cccc(S(=O)(=O)O)c1Cc1ccccc1. The highest BCUT2D eigenvalue weighted by Gasteiger charge is 2.17. The Morgan fingerprint density at radius 1 is 1.00 bits per heavy atom. The summed E-state index contributed by atoms with van der Waals surface area (Å²) in [4.78, 5) is -0.133. The number of nitrogens with two attached hydrogens (primary N) is 1. The van der Waals surface area contributed by atoms with Gasteiger partial charge in [0, 0.05) is 17.7 Å². The third-order valence-corrected chi connectivity index (χ3v) is 3.61. The van der Waals surface area contributed by atoms with Crippen molar-refractivity contribution in [2.45, 2.75) is 11.3 Å². The Bertz CT molecular complexity index is 651. The molecule has 0 aliphatic carbocycles. The Kier molecular flexibility index (Phi) is 3.36. The van der Waals surface area contributed by atoms with Crippen LogP contribution in [0.3, 0.4) is 0 Å². The Balaban J connectivity index is 2.51. The Morgan fingerprint density at radius 3 is 2.28 bits per heavy atom. The van der Waals surface area contributed by atoms with Crippen LogP contribution >= 0.6 is 0 Å². The molecule has 3 N–H and O–H groups in total. The van der Waals surface area contributed by atoms with Crippen LogP contribution in [0.5, 0.6) is 0 Å². The molecule has 0 amide bonds. The van der Waals surface area contributed by atoms with Crippen LogP contribution in [0.15, 0.2) is 53.4 Å². The molecule has 0 saturated carbocycles. The lowest BCUT2D eigenvalue weighted by Gasteiger charge is -2.10. The fourth-order valence-electron chi connectivity index (χ4n) is 1.81. The van der Waals surface area contributed by atoms with Gasteiger partial charge in [-0.05, 0) is 17.7 Å². The van der Waals surface area contributed by atoms with E-state index in [9.17, 15) is 13.0 Å². The number of hydrogen-bond acceptors (Lipinski definition) is 3. The van der Waals surface area contributed by atoms with E-state index in [4.69, 9.17) is 5.73 Å². The molecule has 0 bridgehead atoms. The Hall–Kier alpha value is -1.85. The van der Waals surface area contributed by atoms with Crippen LogP contribution in [0.1, 0.15) is 11.1 Å². The maximum atomic E-state index is 11.3. The maximum absolute atomic E-state index is 11.3. The van der Waals surface area contributed by atoms with Crippen molar-refractivity contribution in [2.24, 2.45) is 0 Å². The predicted octanol–water partition coefficient (Wildman–Crippen LogP) is 2.11. The van der Waals surface area contributed by atoms with Crippen molar-refractivity contribution in [2.75, 3.05) is 5.73 Å². The first-order valence-electron chi connectivity index (χ1n) is 5.37. The molecule has 0 atom stereocenters. The van der Waals surface area contributed by atoms with Gasteiger partial charge in [-0.25, -0.2) is 0 Å². The summed E-state index contributed by atoms with van der Waals surface area (Å²) < 4.78 is 31.8. The Labute approximate surface area is 106 Å². The first-order valence-corrected chi connectivity index (χ1v) is 6.81. The highest BCUT2D eigenvalue weighted by molar-refractivity contribution is 7.85. The molecule has 18 heavy (non-hydrogen) atoms. The van der Waals surface area contributed by atoms with E-state index >= 15 is 0 Å². The number of anilines is 1. The summed E-state index contributed by atoms with van der Waals surface area (Å²) >= 11 is 0. The molecular formula is C13H13NO3S. The lowest BCUT2D eigenvalue weighted by molar-refractivity contribution is 0.482. The van der Waals surface area contributed by atoms with Gasteiger partial charge in [-0.1, -0.05) is 36.4 Å². The first kappa shape index (κ1) is 12.6. The lowest BCUT2D eigenvalue weighted by Crippen LogP contribution is -2.06. The second kappa shape index (κ2) is 4.80. The van der Waals surface area contributed by atoms with E-state index in [1.165, 1.54) is 12.1 Å². The van der Waals surface area contributed by atoms with Crippen LogP contribution in [-0.2, 0) is 16.5 Å². The molecule has 0 heterocycles. The molecule has 0 aromatic heterocycles. The average Bonchev–Trinajstić information content (AvgIpc) is 2.32. The van der Waals surface area contributed by atoms with Gasteiger partial charge in [0.2, 0.25) is 0 Å². The molecule has 0 radical (unpaired) electrons. The smallest absolute Gasteiger partial charge is 0.294 e. The van der Waals surface area contributed by atoms with E-state index in [0.29, 0.717) is 17.7 Å². The molecule has 0 unspecified atom stereocenters. The standard InChI is InChI=1S/C13H13NO3S/c14-12-7-4-8-13(18(15,16)17)11(12)9-10-5-2-1-3-6-10/h1-8H,9,14H2,(H,15,16,17). The summed E-state index contributed by atoms with van der Waals surface area (Å²) in [5.41, 5.74) is 7.50. The van der Waals surface area contributed by atoms with E-state index in [-0.39, 0.29) is 4.90 Å². The van der Waals surface area contributed by atoms with Gasteiger partial charge < -0.3 is 5.73 Å². The highest BCUT2D eigenvalue weighted by atomic mass is 32.2. The minimum absolute atomic E-state index is 0.133. The monoisotopic (exact) mass is 263 g/mol. The molecule has 5 heteroatoms. The molecule has 94 valence electrons. The van der Waals surface area contributed by atoms with Crippen molar-refractivity contribution in [1.82, 2.24) is 0 Å². The number of hydrogen-bond donors (Lipinski definition) is 2. The van der Waals surface area contributed by atoms with Gasteiger partial charge in [-0.15, -0.1) is 0 Å². The summed E-state index contributed by atoms with van der Waals surface area (Å²) in [5, 5.41) is 0. The topological polar surface area (TPSA) is 80.4 Å². The maximum Gasteiger partial charge on any atom is 0.294 e. The van der Waals surface area contributed by atoms with Gasteiger partial charge in [0.1, 0.15) is 0 Å². The van der Waals surface area contributed by atoms with Crippen LogP contribution in [0, 0.1) is 0 Å². The summed E-state index contributed by atoms with van der Waals surface area (Å²) in [6, 6.07) is 13.8. The van der Waals surface area contributed by atoms with Crippen molar-refractivity contribution in [3.8, 4) is 0 Å². The van der Waals surface area contributed by atoms with Gasteiger partial charge in [0.15, 0.2) is 0 Å². The van der Waals surface area contributed by atoms with Gasteiger partial charge in [-0.2, -0.15) is 8.42 Å². The van der Waals surface area contributed by atoms with Gasteiger partial charge >= 0.3 is 0 Å². The molecule has 2 aromatic carbocycles. The summed E-state index contributed by atoms with van der Waals surface area (Å²) in [6.07, 6.45) is 0.364. The zero-order valence-corrected chi connectivity index (χ0v) is 10.4. The highest BCUT2D eigenvalue weighted by Crippen LogP contribution is 2.24. The van der Waals surface area contributed by atoms with E-state index in [1.54, 1.807) is 6.07 Å². The van der Waals surface area contributed by atoms with Crippen molar-refractivity contribution < 1.29 is 13.0 Å². The first-order chi connectivity index (χ1) is 8.48. The van der Waals surface area contributed by atoms with Gasteiger partial charge in [-0.3, -0.25) is 4.55 Å². The molecule has 4 nitrogen and oxygen atoms in total. The van der Waals surface area contributed by atoms with Crippen molar-refractivity contribution in [1.29, 1.82) is 0 Å². The number of rotatable bonds is 3. The largest absolute Gasteiger partial charge is 0.398 e. The van der Waals surface area contributed by atoms with Crippen molar-refractivity contribution >= 4 is 15.8 Å². The molecule has 0 aliphatic heterocycles. The van der Waals surface area contributed by atoms with Crippen LogP contribution in [0.4, 0.5) is 5.69 Å². The van der Waals surface area contributed by atoms with Crippen molar-refractivity contribution in [3.63, 3.8) is 0 Å². The molecule has 2 rings (SSSR count). The lowest BCUT2D eigenvalue weighted by atomic mass is 10.0. The average molecular weight is 263 g/mol. The Morgan fingerprint density at radius 2 is 1.67 bits per heavy atom. The van der Waals surface area contributed by atoms with E-state index in [0.717, 1.165) is 5.56 Å². The van der Waals surface area contributed by atoms with E-state index in [2.05, 4.69) is 0 Å². The third-order valence-electron chi connectivity index (χ3n) is 2.67. The summed E-state index contributed by atoms with van der Waals surface area (Å²) in [7, 11) is -4.26. The van der Waals surface area contributed by atoms with Crippen LogP contribution in [0.25, 0.3) is 0 Å². The molecule has 0 spiro atoms. The fourth-order valence-corrected chi connectivity index (χ4v) is 2.57. The van der Waals surface area contributed by atoms with Crippen LogP contribution in [0.2, 0.25) is 0 Å². The molecule has 0 saturated heterocycles. The zero-order chi connectivity index (χ0) is 13.2. The van der Waals surface area contributed by atoms with E-state index < -0.39 is 10.1 Å². The quantitative estimate of drug-likeness (QED) is 0.656.